The summed E-state index contributed by atoms with van der Waals surface area (Å²) < 4.78 is 27.2. The molecule has 8 nitrogen and oxygen atoms in total. The van der Waals surface area contributed by atoms with Crippen molar-refractivity contribution < 1.29 is 27.9 Å². The van der Waals surface area contributed by atoms with Crippen LogP contribution < -0.4 is 10.6 Å². The first-order valence-corrected chi connectivity index (χ1v) is 9.15. The van der Waals surface area contributed by atoms with Crippen molar-refractivity contribution in [1.82, 2.24) is 10.6 Å². The fourth-order valence-electron chi connectivity index (χ4n) is 2.34. The number of hydrogen-bond acceptors (Lipinski definition) is 7. The van der Waals surface area contributed by atoms with Crippen LogP contribution >= 0.6 is 7.60 Å². The molecule has 0 saturated carbocycles. The SMILES string of the molecule is CCOP(=O)(CC(=O)NC1CCNC(C(=O)OC)C1)OCC. The van der Waals surface area contributed by atoms with Gasteiger partial charge >= 0.3 is 13.6 Å². The van der Waals surface area contributed by atoms with Crippen molar-refractivity contribution in [3.05, 3.63) is 0 Å². The molecule has 0 radical (unpaired) electrons. The highest BCUT2D eigenvalue weighted by molar-refractivity contribution is 7.54. The second kappa shape index (κ2) is 9.25. The highest BCUT2D eigenvalue weighted by Crippen LogP contribution is 2.47. The van der Waals surface area contributed by atoms with Crippen LogP contribution in [-0.2, 0) is 27.9 Å². The van der Waals surface area contributed by atoms with Gasteiger partial charge in [-0.1, -0.05) is 0 Å². The van der Waals surface area contributed by atoms with Crippen LogP contribution in [0.15, 0.2) is 0 Å². The molecule has 0 aromatic carbocycles. The van der Waals surface area contributed by atoms with E-state index in [0.29, 0.717) is 19.4 Å². The monoisotopic (exact) mass is 336 g/mol. The Morgan fingerprint density at radius 1 is 1.27 bits per heavy atom. The molecule has 0 aliphatic carbocycles. The minimum atomic E-state index is -3.40. The van der Waals surface area contributed by atoms with Gasteiger partial charge in [0.25, 0.3) is 0 Å². The fourth-order valence-corrected chi connectivity index (χ4v) is 3.83. The molecule has 0 spiro atoms. The van der Waals surface area contributed by atoms with E-state index in [1.54, 1.807) is 13.8 Å². The number of nitrogens with one attached hydrogen (secondary N) is 2. The molecule has 1 rings (SSSR count). The molecule has 128 valence electrons. The van der Waals surface area contributed by atoms with E-state index < -0.39 is 19.5 Å². The summed E-state index contributed by atoms with van der Waals surface area (Å²) in [6.07, 6.45) is 0.806. The standard InChI is InChI=1S/C13H25N2O6P/c1-4-20-22(18,21-5-2)9-12(16)15-10-6-7-14-11(8-10)13(17)19-3/h10-11,14H,4-9H2,1-3H3,(H,15,16). The molecule has 1 saturated heterocycles. The zero-order chi connectivity index (χ0) is 16.6. The highest BCUT2D eigenvalue weighted by atomic mass is 31.2. The summed E-state index contributed by atoms with van der Waals surface area (Å²) in [6.45, 7) is 4.40. The first-order chi connectivity index (χ1) is 10.4. The van der Waals surface area contributed by atoms with E-state index in [1.807, 2.05) is 0 Å². The molecular formula is C13H25N2O6P. The van der Waals surface area contributed by atoms with E-state index in [-0.39, 0.29) is 31.4 Å². The van der Waals surface area contributed by atoms with Crippen molar-refractivity contribution in [2.45, 2.75) is 38.8 Å². The summed E-state index contributed by atoms with van der Waals surface area (Å²) in [5, 5.41) is 5.81. The van der Waals surface area contributed by atoms with Gasteiger partial charge in [-0.05, 0) is 33.2 Å². The molecule has 0 aromatic rings. The first-order valence-electron chi connectivity index (χ1n) is 7.42. The molecular weight excluding hydrogens is 311 g/mol. The fraction of sp³-hybridized carbons (Fsp3) is 0.846. The maximum atomic E-state index is 12.3. The Bertz CT molecular complexity index is 421. The van der Waals surface area contributed by atoms with E-state index in [2.05, 4.69) is 15.4 Å². The van der Waals surface area contributed by atoms with Crippen molar-refractivity contribution in [2.24, 2.45) is 0 Å². The number of carbonyl (C=O) groups excluding carboxylic acids is 2. The van der Waals surface area contributed by atoms with Gasteiger partial charge in [-0.25, -0.2) is 0 Å². The Labute approximate surface area is 130 Å². The Morgan fingerprint density at radius 3 is 2.45 bits per heavy atom. The summed E-state index contributed by atoms with van der Waals surface area (Å²) in [5.74, 6) is -0.756. The lowest BCUT2D eigenvalue weighted by Gasteiger charge is -2.29. The summed E-state index contributed by atoms with van der Waals surface area (Å²) >= 11 is 0. The quantitative estimate of drug-likeness (QED) is 0.496. The van der Waals surface area contributed by atoms with Crippen LogP contribution in [0.2, 0.25) is 0 Å². The molecule has 0 aromatic heterocycles. The second-order valence-electron chi connectivity index (χ2n) is 4.92. The Hall–Kier alpha value is -0.950. The number of hydrogen-bond donors (Lipinski definition) is 2. The lowest BCUT2D eigenvalue weighted by atomic mass is 9.99. The van der Waals surface area contributed by atoms with Gasteiger partial charge in [-0.15, -0.1) is 0 Å². The highest BCUT2D eigenvalue weighted by Gasteiger charge is 2.31. The minimum absolute atomic E-state index is 0.172. The van der Waals surface area contributed by atoms with Crippen LogP contribution in [0.25, 0.3) is 0 Å². The predicted molar refractivity (Wildman–Crippen MR) is 80.7 cm³/mol. The molecule has 1 amide bonds. The normalized spacial score (nSPS) is 22.1. The molecule has 9 heteroatoms. The van der Waals surface area contributed by atoms with Crippen molar-refractivity contribution in [1.29, 1.82) is 0 Å². The number of esters is 1. The lowest BCUT2D eigenvalue weighted by Crippen LogP contribution is -2.51. The molecule has 1 fully saturated rings. The zero-order valence-corrected chi connectivity index (χ0v) is 14.2. The van der Waals surface area contributed by atoms with E-state index in [9.17, 15) is 14.2 Å². The van der Waals surface area contributed by atoms with Crippen LogP contribution in [0.1, 0.15) is 26.7 Å². The number of piperidine rings is 1. The van der Waals surface area contributed by atoms with E-state index in [4.69, 9.17) is 9.05 Å². The summed E-state index contributed by atoms with van der Waals surface area (Å²) in [4.78, 5) is 23.6. The van der Waals surface area contributed by atoms with E-state index >= 15 is 0 Å². The van der Waals surface area contributed by atoms with E-state index in [0.717, 1.165) is 0 Å². The van der Waals surface area contributed by atoms with Crippen molar-refractivity contribution in [2.75, 3.05) is 33.0 Å². The van der Waals surface area contributed by atoms with Gasteiger partial charge < -0.3 is 24.4 Å². The summed E-state index contributed by atoms with van der Waals surface area (Å²) in [7, 11) is -2.08. The second-order valence-corrected chi connectivity index (χ2v) is 6.98. The third kappa shape index (κ3) is 6.04. The number of methoxy groups -OCH3 is 1. The van der Waals surface area contributed by atoms with Crippen LogP contribution in [0.5, 0.6) is 0 Å². The summed E-state index contributed by atoms with van der Waals surface area (Å²) in [5.41, 5.74) is 0. The number of amides is 1. The van der Waals surface area contributed by atoms with Gasteiger partial charge in [0, 0.05) is 6.04 Å². The van der Waals surface area contributed by atoms with E-state index in [1.165, 1.54) is 7.11 Å². The Morgan fingerprint density at radius 2 is 1.91 bits per heavy atom. The Balaban J connectivity index is 2.53. The summed E-state index contributed by atoms with van der Waals surface area (Å²) in [6, 6.07) is -0.607. The molecule has 0 bridgehead atoms. The molecule has 22 heavy (non-hydrogen) atoms. The molecule has 2 unspecified atom stereocenters. The third-order valence-electron chi connectivity index (χ3n) is 3.24. The number of rotatable bonds is 8. The molecule has 2 N–H and O–H groups in total. The van der Waals surface area contributed by atoms with Crippen LogP contribution in [-0.4, -0.2) is 57.0 Å². The number of ether oxygens (including phenoxy) is 1. The molecule has 1 aliphatic rings. The van der Waals surface area contributed by atoms with Crippen molar-refractivity contribution >= 4 is 19.5 Å². The maximum Gasteiger partial charge on any atom is 0.340 e. The molecule has 2 atom stereocenters. The van der Waals surface area contributed by atoms with Gasteiger partial charge in [-0.2, -0.15) is 0 Å². The van der Waals surface area contributed by atoms with Gasteiger partial charge in [0.05, 0.1) is 20.3 Å². The smallest absolute Gasteiger partial charge is 0.340 e. The average molecular weight is 336 g/mol. The Kier molecular flexibility index (Phi) is 8.03. The zero-order valence-electron chi connectivity index (χ0n) is 13.3. The van der Waals surface area contributed by atoms with Gasteiger partial charge in [0.1, 0.15) is 12.2 Å². The molecule has 1 heterocycles. The van der Waals surface area contributed by atoms with Crippen molar-refractivity contribution in [3.8, 4) is 0 Å². The minimum Gasteiger partial charge on any atom is -0.468 e. The third-order valence-corrected chi connectivity index (χ3v) is 5.22. The van der Waals surface area contributed by atoms with Gasteiger partial charge in [0.2, 0.25) is 5.91 Å². The largest absolute Gasteiger partial charge is 0.468 e. The average Bonchev–Trinajstić information content (AvgIpc) is 2.46. The number of carbonyl (C=O) groups is 2. The van der Waals surface area contributed by atoms with Gasteiger partial charge in [0.15, 0.2) is 0 Å². The molecule has 1 aliphatic heterocycles. The topological polar surface area (TPSA) is 103 Å². The predicted octanol–water partition coefficient (Wildman–Crippen LogP) is 0.662. The van der Waals surface area contributed by atoms with Crippen LogP contribution in [0.3, 0.4) is 0 Å². The van der Waals surface area contributed by atoms with Crippen molar-refractivity contribution in [3.63, 3.8) is 0 Å². The van der Waals surface area contributed by atoms with Crippen LogP contribution in [0, 0.1) is 0 Å². The van der Waals surface area contributed by atoms with Crippen LogP contribution in [0.4, 0.5) is 0 Å². The lowest BCUT2D eigenvalue weighted by molar-refractivity contribution is -0.144. The van der Waals surface area contributed by atoms with Gasteiger partial charge in [-0.3, -0.25) is 14.2 Å². The maximum absolute atomic E-state index is 12.3. The first kappa shape index (κ1) is 19.1.